The van der Waals surface area contributed by atoms with Gasteiger partial charge in [-0.3, -0.25) is 4.79 Å². The van der Waals surface area contributed by atoms with Gasteiger partial charge in [-0.05, 0) is 24.3 Å². The molecule has 0 radical (unpaired) electrons. The lowest BCUT2D eigenvalue weighted by Crippen LogP contribution is -2.61. The summed E-state index contributed by atoms with van der Waals surface area (Å²) in [5, 5.41) is 49.7. The Kier molecular flexibility index (Phi) is 5.38. The maximum atomic E-state index is 13.1. The van der Waals surface area contributed by atoms with Crippen molar-refractivity contribution in [2.24, 2.45) is 0 Å². The van der Waals surface area contributed by atoms with Crippen LogP contribution >= 0.6 is 0 Å². The van der Waals surface area contributed by atoms with E-state index in [4.69, 9.17) is 13.9 Å². The monoisotopic (exact) mass is 430 g/mol. The predicted octanol–water partition coefficient (Wildman–Crippen LogP) is 0.437. The van der Waals surface area contributed by atoms with Gasteiger partial charge in [0.1, 0.15) is 29.6 Å². The molecule has 1 fully saturated rings. The molecule has 0 amide bonds. The van der Waals surface area contributed by atoms with Crippen LogP contribution in [0.5, 0.6) is 11.5 Å². The maximum absolute atomic E-state index is 13.1. The fourth-order valence-electron chi connectivity index (χ4n) is 3.34. The zero-order valence-electron chi connectivity index (χ0n) is 15.8. The molecule has 0 bridgehead atoms. The van der Waals surface area contributed by atoms with Crippen molar-refractivity contribution in [2.45, 2.75) is 30.7 Å². The van der Waals surface area contributed by atoms with E-state index in [0.717, 1.165) is 0 Å². The molecular weight excluding hydrogens is 412 g/mol. The summed E-state index contributed by atoms with van der Waals surface area (Å²) in [5.74, 6) is -2.49. The Morgan fingerprint density at radius 2 is 1.61 bits per heavy atom. The minimum Gasteiger partial charge on any atom is -0.507 e. The molecule has 1 aliphatic heterocycles. The molecule has 10 heteroatoms. The highest BCUT2D eigenvalue weighted by molar-refractivity contribution is 5.83. The maximum Gasteiger partial charge on any atom is 0.335 e. The number of para-hydroxylation sites is 2. The average Bonchev–Trinajstić information content (AvgIpc) is 2.75. The summed E-state index contributed by atoms with van der Waals surface area (Å²) in [6.07, 6.45) is -9.45. The van der Waals surface area contributed by atoms with E-state index in [2.05, 4.69) is 0 Å². The van der Waals surface area contributed by atoms with Crippen molar-refractivity contribution >= 4 is 16.9 Å². The van der Waals surface area contributed by atoms with E-state index in [9.17, 15) is 35.1 Å². The summed E-state index contributed by atoms with van der Waals surface area (Å²) in [5.41, 5.74) is -0.383. The van der Waals surface area contributed by atoms with Crippen LogP contribution in [-0.4, -0.2) is 62.2 Å². The first-order chi connectivity index (χ1) is 14.8. The number of carbonyl (C=O) groups is 1. The number of hydrogen-bond donors (Lipinski definition) is 5. The molecule has 10 nitrogen and oxygen atoms in total. The molecule has 5 atom stereocenters. The highest BCUT2D eigenvalue weighted by Crippen LogP contribution is 2.37. The van der Waals surface area contributed by atoms with Crippen molar-refractivity contribution in [3.8, 4) is 22.8 Å². The molecular formula is C21H18O10. The van der Waals surface area contributed by atoms with Crippen molar-refractivity contribution in [3.05, 3.63) is 58.8 Å². The van der Waals surface area contributed by atoms with Gasteiger partial charge in [-0.25, -0.2) is 4.79 Å². The van der Waals surface area contributed by atoms with Crippen LogP contribution in [0.3, 0.4) is 0 Å². The first kappa shape index (κ1) is 20.8. The second kappa shape index (κ2) is 8.00. The summed E-state index contributed by atoms with van der Waals surface area (Å²) in [4.78, 5) is 24.5. The van der Waals surface area contributed by atoms with E-state index in [-0.39, 0.29) is 28.0 Å². The predicted molar refractivity (Wildman–Crippen MR) is 105 cm³/mol. The zero-order chi connectivity index (χ0) is 22.3. The molecule has 4 rings (SSSR count). The number of rotatable bonds is 4. The number of phenols is 1. The second-order valence-electron chi connectivity index (χ2n) is 6.96. The normalized spacial score (nSPS) is 26.0. The Balaban J connectivity index is 1.86. The summed E-state index contributed by atoms with van der Waals surface area (Å²) >= 11 is 0. The largest absolute Gasteiger partial charge is 0.507 e. The molecule has 3 aromatic rings. The fraction of sp³-hybridized carbons (Fsp3) is 0.238. The third-order valence-electron chi connectivity index (χ3n) is 4.95. The Labute approximate surface area is 174 Å². The molecule has 1 saturated heterocycles. The van der Waals surface area contributed by atoms with Crippen molar-refractivity contribution < 1.29 is 44.2 Å². The molecule has 1 aliphatic rings. The third kappa shape index (κ3) is 3.62. The first-order valence-electron chi connectivity index (χ1n) is 9.23. The van der Waals surface area contributed by atoms with Crippen molar-refractivity contribution in [2.75, 3.05) is 0 Å². The lowest BCUT2D eigenvalue weighted by Gasteiger charge is -2.38. The van der Waals surface area contributed by atoms with E-state index in [1.807, 2.05) is 0 Å². The lowest BCUT2D eigenvalue weighted by molar-refractivity contribution is -0.271. The lowest BCUT2D eigenvalue weighted by atomic mass is 9.99. The Hall–Kier alpha value is -3.44. The summed E-state index contributed by atoms with van der Waals surface area (Å²) in [7, 11) is 0. The van der Waals surface area contributed by atoms with Gasteiger partial charge >= 0.3 is 5.97 Å². The van der Waals surface area contributed by atoms with Crippen LogP contribution < -0.4 is 10.2 Å². The number of aliphatic hydroxyl groups excluding tert-OH is 3. The molecule has 0 aliphatic carbocycles. The molecule has 31 heavy (non-hydrogen) atoms. The number of carboxylic acids is 1. The molecule has 1 aromatic heterocycles. The van der Waals surface area contributed by atoms with Crippen molar-refractivity contribution in [1.29, 1.82) is 0 Å². The van der Waals surface area contributed by atoms with Gasteiger partial charge in [0.25, 0.3) is 0 Å². The minimum absolute atomic E-state index is 0.0982. The first-order valence-corrected chi connectivity index (χ1v) is 9.23. The number of benzene rings is 2. The molecule has 0 saturated carbocycles. The number of aliphatic hydroxyl groups is 3. The van der Waals surface area contributed by atoms with Crippen LogP contribution in [0.1, 0.15) is 0 Å². The van der Waals surface area contributed by atoms with Crippen LogP contribution in [0.4, 0.5) is 0 Å². The Morgan fingerprint density at radius 3 is 2.32 bits per heavy atom. The van der Waals surface area contributed by atoms with Gasteiger partial charge in [0.05, 0.1) is 10.9 Å². The highest BCUT2D eigenvalue weighted by atomic mass is 16.7. The van der Waals surface area contributed by atoms with E-state index in [0.29, 0.717) is 0 Å². The van der Waals surface area contributed by atoms with Gasteiger partial charge in [-0.1, -0.05) is 24.3 Å². The van der Waals surface area contributed by atoms with E-state index in [1.54, 1.807) is 24.3 Å². The number of aromatic hydroxyl groups is 1. The van der Waals surface area contributed by atoms with Crippen LogP contribution in [0, 0.1) is 0 Å². The number of hydrogen-bond acceptors (Lipinski definition) is 9. The Morgan fingerprint density at radius 1 is 0.935 bits per heavy atom. The molecule has 1 unspecified atom stereocenters. The number of aliphatic carboxylic acids is 1. The van der Waals surface area contributed by atoms with Gasteiger partial charge in [0.2, 0.25) is 17.5 Å². The summed E-state index contributed by atoms with van der Waals surface area (Å²) in [6, 6.07) is 12.2. The van der Waals surface area contributed by atoms with E-state index in [1.165, 1.54) is 24.3 Å². The average molecular weight is 430 g/mol. The van der Waals surface area contributed by atoms with Gasteiger partial charge < -0.3 is 39.4 Å². The van der Waals surface area contributed by atoms with Crippen molar-refractivity contribution in [1.82, 2.24) is 0 Å². The number of phenolic OH excluding ortho intramolecular Hbond substituents is 1. The van der Waals surface area contributed by atoms with E-state index < -0.39 is 47.9 Å². The third-order valence-corrected chi connectivity index (χ3v) is 4.95. The SMILES string of the molecule is O=C(O)[C@H]1OC(Oc2c(-c3ccccc3O)oc3ccccc3c2=O)[C@H](O)[C@@H](O)[C@@H]1O. The molecule has 2 heterocycles. The van der Waals surface area contributed by atoms with Gasteiger partial charge in [-0.15, -0.1) is 0 Å². The second-order valence-corrected chi connectivity index (χ2v) is 6.96. The highest BCUT2D eigenvalue weighted by Gasteiger charge is 2.48. The van der Waals surface area contributed by atoms with Gasteiger partial charge in [0, 0.05) is 0 Å². The quantitative estimate of drug-likeness (QED) is 0.392. The van der Waals surface area contributed by atoms with Crippen LogP contribution in [-0.2, 0) is 9.53 Å². The van der Waals surface area contributed by atoms with Crippen LogP contribution in [0.25, 0.3) is 22.3 Å². The zero-order valence-corrected chi connectivity index (χ0v) is 15.8. The Bertz CT molecular complexity index is 1190. The summed E-state index contributed by atoms with van der Waals surface area (Å²) < 4.78 is 16.4. The van der Waals surface area contributed by atoms with E-state index >= 15 is 0 Å². The number of carboxylic acid groups (broad SMARTS) is 1. The molecule has 162 valence electrons. The minimum atomic E-state index is -1.92. The topological polar surface area (TPSA) is 167 Å². The molecule has 0 spiro atoms. The van der Waals surface area contributed by atoms with Crippen LogP contribution in [0.15, 0.2) is 57.7 Å². The molecule has 2 aromatic carbocycles. The standard InChI is InChI=1S/C21H18O10/c22-11-7-3-1-5-9(11)17-18(13(23)10-6-2-4-8-12(10)29-17)30-21-16(26)14(24)15(25)19(31-21)20(27)28/h1-8,14-16,19,21-22,24-26H,(H,27,28)/t14-,15-,16+,19-,21?/m0/s1. The summed E-state index contributed by atoms with van der Waals surface area (Å²) in [6.45, 7) is 0. The van der Waals surface area contributed by atoms with Crippen molar-refractivity contribution in [3.63, 3.8) is 0 Å². The smallest absolute Gasteiger partial charge is 0.335 e. The molecule has 5 N–H and O–H groups in total. The number of fused-ring (bicyclic) bond motifs is 1. The van der Waals surface area contributed by atoms with Gasteiger partial charge in [-0.2, -0.15) is 0 Å². The number of ether oxygens (including phenoxy) is 2. The fourth-order valence-corrected chi connectivity index (χ4v) is 3.34. The van der Waals surface area contributed by atoms with Gasteiger partial charge in [0.15, 0.2) is 11.9 Å². The van der Waals surface area contributed by atoms with Crippen LogP contribution in [0.2, 0.25) is 0 Å².